The lowest BCUT2D eigenvalue weighted by Crippen LogP contribution is -2.33. The highest BCUT2D eigenvalue weighted by molar-refractivity contribution is 6.71. The Kier molecular flexibility index (Phi) is 5.57. The second-order valence-electron chi connectivity index (χ2n) is 5.30. The van der Waals surface area contributed by atoms with Gasteiger partial charge >= 0.3 is 0 Å². The second kappa shape index (κ2) is 6.71. The molecule has 0 aliphatic carbocycles. The van der Waals surface area contributed by atoms with Crippen molar-refractivity contribution < 1.29 is 4.43 Å². The van der Waals surface area contributed by atoms with E-state index in [-0.39, 0.29) is 6.10 Å². The van der Waals surface area contributed by atoms with Crippen molar-refractivity contribution in [3.8, 4) is 0 Å². The monoisotopic (exact) mass is 260 g/mol. The van der Waals surface area contributed by atoms with Crippen LogP contribution in [0.25, 0.3) is 0 Å². The molecule has 0 radical (unpaired) electrons. The van der Waals surface area contributed by atoms with E-state index in [1.807, 2.05) is 18.2 Å². The van der Waals surface area contributed by atoms with Crippen LogP contribution in [0.5, 0.6) is 0 Å². The highest BCUT2D eigenvalue weighted by Gasteiger charge is 2.28. The van der Waals surface area contributed by atoms with Crippen molar-refractivity contribution in [2.75, 3.05) is 0 Å². The number of hydrogen-bond acceptors (Lipinski definition) is 1. The van der Waals surface area contributed by atoms with Crippen molar-refractivity contribution in [2.24, 2.45) is 5.92 Å². The Hall–Kier alpha value is -1.12. The molecule has 18 heavy (non-hydrogen) atoms. The fraction of sp³-hybridized carbons (Fsp3) is 0.375. The molecule has 0 N–H and O–H groups in total. The third kappa shape index (κ3) is 4.28. The van der Waals surface area contributed by atoms with Gasteiger partial charge in [-0.3, -0.25) is 0 Å². The summed E-state index contributed by atoms with van der Waals surface area (Å²) >= 11 is 0. The van der Waals surface area contributed by atoms with Crippen molar-refractivity contribution >= 4 is 8.32 Å². The standard InChI is InChI=1S/C16H24OSi/c1-6-13-18(4,5)17-16(14(3)7-2)15-11-9-8-10-12-15/h6-12,14,16H,1-2,13H2,3-5H3. The van der Waals surface area contributed by atoms with Crippen LogP contribution in [-0.4, -0.2) is 8.32 Å². The Morgan fingerprint density at radius 3 is 2.33 bits per heavy atom. The summed E-state index contributed by atoms with van der Waals surface area (Å²) in [6.45, 7) is 14.4. The van der Waals surface area contributed by atoms with Gasteiger partial charge in [0, 0.05) is 5.92 Å². The molecule has 0 saturated heterocycles. The lowest BCUT2D eigenvalue weighted by atomic mass is 9.98. The van der Waals surface area contributed by atoms with Gasteiger partial charge in [-0.05, 0) is 24.7 Å². The smallest absolute Gasteiger partial charge is 0.191 e. The quantitative estimate of drug-likeness (QED) is 0.497. The average molecular weight is 260 g/mol. The first-order chi connectivity index (χ1) is 8.50. The zero-order valence-corrected chi connectivity index (χ0v) is 12.7. The van der Waals surface area contributed by atoms with E-state index in [0.29, 0.717) is 5.92 Å². The maximum Gasteiger partial charge on any atom is 0.191 e. The van der Waals surface area contributed by atoms with E-state index in [2.05, 4.69) is 57.4 Å². The van der Waals surface area contributed by atoms with E-state index in [0.717, 1.165) is 6.04 Å². The van der Waals surface area contributed by atoms with Crippen LogP contribution in [-0.2, 0) is 4.43 Å². The third-order valence-corrected chi connectivity index (χ3v) is 5.22. The largest absolute Gasteiger partial charge is 0.410 e. The topological polar surface area (TPSA) is 9.23 Å². The van der Waals surface area contributed by atoms with Gasteiger partial charge in [0.2, 0.25) is 0 Å². The fourth-order valence-corrected chi connectivity index (χ4v) is 3.81. The first kappa shape index (κ1) is 14.9. The van der Waals surface area contributed by atoms with Crippen LogP contribution in [0, 0.1) is 5.92 Å². The molecular weight excluding hydrogens is 236 g/mol. The molecule has 0 bridgehead atoms. The van der Waals surface area contributed by atoms with Gasteiger partial charge in [0.25, 0.3) is 0 Å². The normalized spacial score (nSPS) is 14.8. The van der Waals surface area contributed by atoms with Crippen LogP contribution in [0.3, 0.4) is 0 Å². The minimum atomic E-state index is -1.69. The van der Waals surface area contributed by atoms with Crippen LogP contribution in [0.4, 0.5) is 0 Å². The first-order valence-electron chi connectivity index (χ1n) is 6.46. The summed E-state index contributed by atoms with van der Waals surface area (Å²) in [5, 5.41) is 0. The Morgan fingerprint density at radius 2 is 1.83 bits per heavy atom. The van der Waals surface area contributed by atoms with Crippen molar-refractivity contribution in [3.05, 3.63) is 61.2 Å². The number of benzene rings is 1. The third-order valence-electron chi connectivity index (χ3n) is 3.06. The van der Waals surface area contributed by atoms with Gasteiger partial charge in [0.1, 0.15) is 0 Å². The zero-order chi connectivity index (χ0) is 13.6. The molecule has 0 aliphatic heterocycles. The van der Waals surface area contributed by atoms with Gasteiger partial charge in [0.15, 0.2) is 8.32 Å². The summed E-state index contributed by atoms with van der Waals surface area (Å²) in [4.78, 5) is 0. The number of rotatable bonds is 7. The van der Waals surface area contributed by atoms with E-state index >= 15 is 0 Å². The zero-order valence-electron chi connectivity index (χ0n) is 11.7. The minimum absolute atomic E-state index is 0.102. The Balaban J connectivity index is 2.93. The molecule has 1 aromatic carbocycles. The summed E-state index contributed by atoms with van der Waals surface area (Å²) < 4.78 is 6.41. The summed E-state index contributed by atoms with van der Waals surface area (Å²) in [5.74, 6) is 0.309. The molecule has 0 aliphatic rings. The fourth-order valence-electron chi connectivity index (χ4n) is 1.98. The van der Waals surface area contributed by atoms with E-state index < -0.39 is 8.32 Å². The Bertz CT molecular complexity index is 383. The molecule has 1 rings (SSSR count). The molecule has 1 aromatic rings. The van der Waals surface area contributed by atoms with Crippen LogP contribution in [0.15, 0.2) is 55.6 Å². The van der Waals surface area contributed by atoms with Crippen LogP contribution in [0.2, 0.25) is 19.1 Å². The summed E-state index contributed by atoms with van der Waals surface area (Å²) in [6, 6.07) is 11.4. The molecule has 0 saturated carbocycles. The first-order valence-corrected chi connectivity index (χ1v) is 9.58. The molecule has 2 atom stereocenters. The summed E-state index contributed by atoms with van der Waals surface area (Å²) in [5.41, 5.74) is 1.23. The lowest BCUT2D eigenvalue weighted by Gasteiger charge is -2.31. The molecular formula is C16H24OSi. The van der Waals surface area contributed by atoms with Crippen molar-refractivity contribution in [2.45, 2.75) is 32.2 Å². The highest BCUT2D eigenvalue weighted by atomic mass is 28.4. The molecule has 0 spiro atoms. The Labute approximate surface area is 112 Å². The van der Waals surface area contributed by atoms with E-state index in [4.69, 9.17) is 4.43 Å². The molecule has 0 heterocycles. The molecule has 0 amide bonds. The Morgan fingerprint density at radius 1 is 1.22 bits per heavy atom. The maximum atomic E-state index is 6.41. The van der Waals surface area contributed by atoms with Crippen LogP contribution >= 0.6 is 0 Å². The predicted octanol–water partition coefficient (Wildman–Crippen LogP) is 4.96. The van der Waals surface area contributed by atoms with Crippen molar-refractivity contribution in [3.63, 3.8) is 0 Å². The number of allylic oxidation sites excluding steroid dienone is 1. The minimum Gasteiger partial charge on any atom is -0.410 e. The lowest BCUT2D eigenvalue weighted by molar-refractivity contribution is 0.158. The van der Waals surface area contributed by atoms with E-state index in [1.165, 1.54) is 5.56 Å². The van der Waals surface area contributed by atoms with Gasteiger partial charge in [-0.2, -0.15) is 0 Å². The van der Waals surface area contributed by atoms with Gasteiger partial charge < -0.3 is 4.43 Å². The molecule has 1 nitrogen and oxygen atoms in total. The molecule has 98 valence electrons. The van der Waals surface area contributed by atoms with Crippen molar-refractivity contribution in [1.82, 2.24) is 0 Å². The average Bonchev–Trinajstić information content (AvgIpc) is 2.36. The summed E-state index contributed by atoms with van der Waals surface area (Å²) in [7, 11) is -1.69. The van der Waals surface area contributed by atoms with E-state index in [1.54, 1.807) is 0 Å². The van der Waals surface area contributed by atoms with Crippen molar-refractivity contribution in [1.29, 1.82) is 0 Å². The predicted molar refractivity (Wildman–Crippen MR) is 82.1 cm³/mol. The molecule has 2 unspecified atom stereocenters. The SMILES string of the molecule is C=CC[Si](C)(C)OC(c1ccccc1)C(C)C=C. The molecule has 2 heteroatoms. The van der Waals surface area contributed by atoms with Crippen LogP contribution < -0.4 is 0 Å². The number of hydrogen-bond donors (Lipinski definition) is 0. The van der Waals surface area contributed by atoms with Gasteiger partial charge in [-0.1, -0.05) is 49.4 Å². The highest BCUT2D eigenvalue weighted by Crippen LogP contribution is 2.31. The summed E-state index contributed by atoms with van der Waals surface area (Å²) in [6.07, 6.45) is 4.04. The van der Waals surface area contributed by atoms with Gasteiger partial charge in [-0.25, -0.2) is 0 Å². The van der Waals surface area contributed by atoms with E-state index in [9.17, 15) is 0 Å². The van der Waals surface area contributed by atoms with Crippen LogP contribution in [0.1, 0.15) is 18.6 Å². The second-order valence-corrected chi connectivity index (χ2v) is 9.46. The maximum absolute atomic E-state index is 6.41. The van der Waals surface area contributed by atoms with Gasteiger partial charge in [-0.15, -0.1) is 13.2 Å². The van der Waals surface area contributed by atoms with Gasteiger partial charge in [0.05, 0.1) is 6.10 Å². The molecule has 0 fully saturated rings. The molecule has 0 aromatic heterocycles.